The first-order chi connectivity index (χ1) is 56.5. The molecule has 0 bridgehead atoms. The van der Waals surface area contributed by atoms with E-state index in [-0.39, 0.29) is 0 Å². The van der Waals surface area contributed by atoms with Crippen molar-refractivity contribution in [3.63, 3.8) is 0 Å². The molecule has 6 aromatic rings. The predicted octanol–water partition coefficient (Wildman–Crippen LogP) is 28.4. The summed E-state index contributed by atoms with van der Waals surface area (Å²) < 4.78 is 12.5. The van der Waals surface area contributed by atoms with Crippen LogP contribution in [0.2, 0.25) is 0 Å². The van der Waals surface area contributed by atoms with Crippen molar-refractivity contribution in [1.29, 1.82) is 0 Å². The first kappa shape index (κ1) is 111. The Kier molecular flexibility index (Phi) is 68.9. The van der Waals surface area contributed by atoms with E-state index in [1.54, 1.807) is 0 Å². The molecule has 0 radical (unpaired) electrons. The van der Waals surface area contributed by atoms with E-state index in [9.17, 15) is 0 Å². The van der Waals surface area contributed by atoms with Gasteiger partial charge in [-0.2, -0.15) is 0 Å². The molecule has 0 aliphatic carbocycles. The summed E-state index contributed by atoms with van der Waals surface area (Å²) in [5.74, 6) is 9.83. The van der Waals surface area contributed by atoms with E-state index in [1.807, 2.05) is 34.2 Å². The van der Waals surface area contributed by atoms with Gasteiger partial charge < -0.3 is 0 Å². The fraction of sp³-hybridized carbons (Fsp3) is 0.880. The number of hydrogen-bond donors (Lipinski definition) is 0. The van der Waals surface area contributed by atoms with Crippen LogP contribution in [0.4, 0.5) is 0 Å². The Morgan fingerprint density at radius 3 is 0.602 bits per heavy atom. The molecule has 0 atom stereocenters. The summed E-state index contributed by atoms with van der Waals surface area (Å²) >= 11 is 0. The van der Waals surface area contributed by atoms with Gasteiger partial charge in [0.25, 0.3) is 0 Å². The average Bonchev–Trinajstić information content (AvgIpc) is 1.81. The zero-order valence-corrected chi connectivity index (χ0v) is 82.2. The standard InChI is InChI=1S/4C17H33N3.2C16H31N3/c2*1-15(2)10-6-5-9-13-20-17(14-18-19-20)12-8-7-11-16(3)4;2*1-15(2)10-7-5-6-8-13-20-17(14-18-19-20)12-9-11-16(3)4;2*1-14(2)9-5-6-11-16-13-19(18-17-16)12-8-7-10-15(3)4/h4*14-16H,5-13H2,1-4H3;2*13-15H,5-12H2,1-4H3. The second kappa shape index (κ2) is 73.4. The first-order valence-corrected chi connectivity index (χ1v) is 49.8. The van der Waals surface area contributed by atoms with Crippen LogP contribution in [0.15, 0.2) is 37.2 Å². The van der Waals surface area contributed by atoms with E-state index >= 15 is 0 Å². The molecule has 0 N–H and O–H groups in total. The van der Waals surface area contributed by atoms with Crippen molar-refractivity contribution in [2.45, 2.75) is 501 Å². The quantitative estimate of drug-likeness (QED) is 0.0330. The third-order valence-electron chi connectivity index (χ3n) is 22.2. The number of hydrogen-bond acceptors (Lipinski definition) is 12. The van der Waals surface area contributed by atoms with Crippen LogP contribution in [-0.2, 0) is 77.8 Å². The monoisotopic (exact) mass is 1650 g/mol. The fourth-order valence-corrected chi connectivity index (χ4v) is 14.6. The van der Waals surface area contributed by atoms with Gasteiger partial charge in [0.15, 0.2) is 0 Å². The summed E-state index contributed by atoms with van der Waals surface area (Å²) in [5, 5.41) is 50.2. The highest BCUT2D eigenvalue weighted by molar-refractivity contribution is 4.97. The minimum Gasteiger partial charge on any atom is -0.252 e. The largest absolute Gasteiger partial charge is 0.252 e. The van der Waals surface area contributed by atoms with Crippen molar-refractivity contribution in [3.8, 4) is 0 Å². The molecule has 6 heterocycles. The molecule has 0 aliphatic heterocycles. The third kappa shape index (κ3) is 67.4. The van der Waals surface area contributed by atoms with Crippen molar-refractivity contribution in [2.75, 3.05) is 0 Å². The summed E-state index contributed by atoms with van der Waals surface area (Å²) in [4.78, 5) is 0. The Balaban J connectivity index is 0.000000708. The highest BCUT2D eigenvalue weighted by Gasteiger charge is 2.12. The highest BCUT2D eigenvalue weighted by atomic mass is 15.4. The average molecular weight is 1650 g/mol. The van der Waals surface area contributed by atoms with Crippen molar-refractivity contribution in [2.24, 2.45) is 71.0 Å². The normalized spacial score (nSPS) is 11.7. The predicted molar refractivity (Wildman–Crippen MR) is 505 cm³/mol. The van der Waals surface area contributed by atoms with Gasteiger partial charge in [-0.15, -0.1) is 30.6 Å². The van der Waals surface area contributed by atoms with Crippen molar-refractivity contribution >= 4 is 0 Å². The van der Waals surface area contributed by atoms with Gasteiger partial charge in [-0.1, -0.05) is 377 Å². The number of unbranched alkanes of at least 4 members (excludes halogenated alkanes) is 16. The van der Waals surface area contributed by atoms with Crippen LogP contribution in [0.3, 0.4) is 0 Å². The Bertz CT molecular complexity index is 2810. The maximum Gasteiger partial charge on any atom is 0.0827 e. The molecular weight excluding hydrogens is 1450 g/mol. The zero-order valence-electron chi connectivity index (χ0n) is 82.2. The number of nitrogens with zero attached hydrogens (tertiary/aromatic N) is 18. The summed E-state index contributed by atoms with van der Waals surface area (Å²) in [5.41, 5.74) is 7.58. The van der Waals surface area contributed by atoms with Crippen LogP contribution >= 0.6 is 0 Å². The molecule has 18 heteroatoms. The summed E-state index contributed by atoms with van der Waals surface area (Å²) in [6.07, 6.45) is 70.8. The van der Waals surface area contributed by atoms with Gasteiger partial charge in [-0.05, 0) is 187 Å². The maximum absolute atomic E-state index is 4.26. The topological polar surface area (TPSA) is 184 Å². The smallest absolute Gasteiger partial charge is 0.0827 e. The molecule has 0 saturated carbocycles. The van der Waals surface area contributed by atoms with Crippen LogP contribution in [0.25, 0.3) is 0 Å². The molecule has 18 nitrogen and oxygen atoms in total. The minimum absolute atomic E-state index is 0.792. The van der Waals surface area contributed by atoms with Crippen LogP contribution in [0.1, 0.15) is 457 Å². The summed E-state index contributed by atoms with van der Waals surface area (Å²) in [6.45, 7) is 61.2. The molecule has 0 saturated heterocycles. The van der Waals surface area contributed by atoms with Gasteiger partial charge in [0.05, 0.1) is 59.0 Å². The summed E-state index contributed by atoms with van der Waals surface area (Å²) in [7, 11) is 0. The van der Waals surface area contributed by atoms with Gasteiger partial charge in [-0.3, -0.25) is 9.36 Å². The van der Waals surface area contributed by atoms with Gasteiger partial charge >= 0.3 is 0 Å². The van der Waals surface area contributed by atoms with Crippen molar-refractivity contribution in [1.82, 2.24) is 90.0 Å². The lowest BCUT2D eigenvalue weighted by molar-refractivity contribution is 0.474. The highest BCUT2D eigenvalue weighted by Crippen LogP contribution is 2.20. The van der Waals surface area contributed by atoms with Crippen LogP contribution in [0.5, 0.6) is 0 Å². The van der Waals surface area contributed by atoms with Crippen molar-refractivity contribution in [3.05, 3.63) is 71.3 Å². The Hall–Kier alpha value is -5.16. The second-order valence-corrected chi connectivity index (χ2v) is 40.3. The molecule has 0 unspecified atom stereocenters. The van der Waals surface area contributed by atoms with E-state index < -0.39 is 0 Å². The molecule has 6 rings (SSSR count). The summed E-state index contributed by atoms with van der Waals surface area (Å²) in [6, 6.07) is 0. The van der Waals surface area contributed by atoms with E-state index in [4.69, 9.17) is 0 Å². The number of rotatable bonds is 64. The first-order valence-electron chi connectivity index (χ1n) is 49.8. The minimum atomic E-state index is 0.792. The van der Waals surface area contributed by atoms with Crippen LogP contribution in [-0.4, -0.2) is 90.0 Å². The van der Waals surface area contributed by atoms with Gasteiger partial charge in [0.1, 0.15) is 0 Å². The molecule has 0 aliphatic rings. The lowest BCUT2D eigenvalue weighted by Gasteiger charge is -2.08. The molecule has 0 spiro atoms. The molecule has 684 valence electrons. The van der Waals surface area contributed by atoms with E-state index in [2.05, 4.69) is 259 Å². The number of aromatic nitrogens is 18. The molecule has 0 aromatic carbocycles. The maximum atomic E-state index is 4.26. The fourth-order valence-electron chi connectivity index (χ4n) is 14.6. The Labute approximate surface area is 729 Å². The third-order valence-corrected chi connectivity index (χ3v) is 22.2. The van der Waals surface area contributed by atoms with Crippen LogP contribution in [0, 0.1) is 71.0 Å². The molecular formula is C100H194N18. The SMILES string of the molecule is CC(C)CCCCCCn1nncc1CCCC(C)C.CC(C)CCCCCCn1nncc1CCCC(C)C.CC(C)CCCCCn1nncc1CCCCC(C)C.CC(C)CCCCCn1nncc1CCCCC(C)C.CC(C)CCCCc1cn(CCCCC(C)C)nn1.CC(C)CCCCc1cn(CCCCC(C)C)nn1. The number of aryl methyl sites for hydroxylation is 12. The van der Waals surface area contributed by atoms with E-state index in [0.717, 1.165) is 160 Å². The van der Waals surface area contributed by atoms with Gasteiger partial charge in [-0.25, -0.2) is 18.7 Å². The van der Waals surface area contributed by atoms with Gasteiger partial charge in [0.2, 0.25) is 0 Å². The van der Waals surface area contributed by atoms with E-state index in [1.165, 1.54) is 280 Å². The van der Waals surface area contributed by atoms with Crippen molar-refractivity contribution < 1.29 is 0 Å². The van der Waals surface area contributed by atoms with E-state index in [0.29, 0.717) is 0 Å². The second-order valence-electron chi connectivity index (χ2n) is 40.3. The molecule has 6 aromatic heterocycles. The van der Waals surface area contributed by atoms with Gasteiger partial charge in [0, 0.05) is 51.7 Å². The Morgan fingerprint density at radius 2 is 0.364 bits per heavy atom. The lowest BCUT2D eigenvalue weighted by atomic mass is 10.0. The molecule has 118 heavy (non-hydrogen) atoms. The van der Waals surface area contributed by atoms with Crippen LogP contribution < -0.4 is 0 Å². The zero-order chi connectivity index (χ0) is 87.4. The Morgan fingerprint density at radius 1 is 0.186 bits per heavy atom. The lowest BCUT2D eigenvalue weighted by Crippen LogP contribution is -2.06. The molecule has 0 amide bonds. The molecule has 0 fully saturated rings.